The molecule has 1 heterocycles. The van der Waals surface area contributed by atoms with Crippen LogP contribution in [0.4, 0.5) is 0 Å². The second-order valence-electron chi connectivity index (χ2n) is 3.38. The highest BCUT2D eigenvalue weighted by Crippen LogP contribution is 2.10. The Morgan fingerprint density at radius 1 is 1.50 bits per heavy atom. The normalized spacial score (nSPS) is 17.9. The van der Waals surface area contributed by atoms with E-state index in [-0.39, 0.29) is 5.91 Å². The summed E-state index contributed by atoms with van der Waals surface area (Å²) in [4.78, 5) is 13.1. The molecule has 0 bridgehead atoms. The van der Waals surface area contributed by atoms with Gasteiger partial charge in [-0.3, -0.25) is 10.1 Å². The first kappa shape index (κ1) is 9.52. The topological polar surface area (TPSA) is 32.3 Å². The van der Waals surface area contributed by atoms with Crippen molar-refractivity contribution >= 4 is 5.91 Å². The van der Waals surface area contributed by atoms with Crippen molar-refractivity contribution in [3.05, 3.63) is 0 Å². The van der Waals surface area contributed by atoms with Crippen LogP contribution < -0.4 is 5.32 Å². The molecule has 1 aliphatic heterocycles. The van der Waals surface area contributed by atoms with Gasteiger partial charge in [0, 0.05) is 6.54 Å². The van der Waals surface area contributed by atoms with Crippen molar-refractivity contribution in [2.24, 2.45) is 5.92 Å². The van der Waals surface area contributed by atoms with Gasteiger partial charge in [0.2, 0.25) is 5.91 Å². The molecule has 1 amide bonds. The van der Waals surface area contributed by atoms with Gasteiger partial charge in [-0.2, -0.15) is 0 Å². The lowest BCUT2D eigenvalue weighted by atomic mass is 10.0. The van der Waals surface area contributed by atoms with Crippen molar-refractivity contribution in [2.45, 2.75) is 26.7 Å². The van der Waals surface area contributed by atoms with Crippen molar-refractivity contribution in [1.82, 2.24) is 10.2 Å². The molecule has 1 fully saturated rings. The van der Waals surface area contributed by atoms with Crippen LogP contribution in [0.5, 0.6) is 0 Å². The lowest BCUT2D eigenvalue weighted by Gasteiger charge is -2.20. The SMILES string of the molecule is CCC(CC)CN1CNCC1=O. The number of hydrogen-bond acceptors (Lipinski definition) is 2. The predicted molar refractivity (Wildman–Crippen MR) is 48.7 cm³/mol. The lowest BCUT2D eigenvalue weighted by Crippen LogP contribution is -2.31. The molecule has 0 spiro atoms. The summed E-state index contributed by atoms with van der Waals surface area (Å²) >= 11 is 0. The predicted octanol–water partition coefficient (Wildman–Crippen LogP) is 0.812. The summed E-state index contributed by atoms with van der Waals surface area (Å²) in [7, 11) is 0. The second-order valence-corrected chi connectivity index (χ2v) is 3.38. The van der Waals surface area contributed by atoms with Crippen LogP contribution in [0.3, 0.4) is 0 Å². The highest BCUT2D eigenvalue weighted by molar-refractivity contribution is 5.79. The van der Waals surface area contributed by atoms with Gasteiger partial charge in [0.1, 0.15) is 0 Å². The van der Waals surface area contributed by atoms with Crippen molar-refractivity contribution in [3.8, 4) is 0 Å². The average Bonchev–Trinajstić information content (AvgIpc) is 2.47. The summed E-state index contributed by atoms with van der Waals surface area (Å²) in [5.74, 6) is 0.927. The van der Waals surface area contributed by atoms with Crippen LogP contribution >= 0.6 is 0 Å². The minimum atomic E-state index is 0.252. The fourth-order valence-corrected chi connectivity index (χ4v) is 1.52. The standard InChI is InChI=1S/C9H18N2O/c1-3-8(4-2)6-11-7-10-5-9(11)12/h8,10H,3-7H2,1-2H3. The molecular formula is C9H18N2O. The summed E-state index contributed by atoms with van der Waals surface area (Å²) < 4.78 is 0. The molecular weight excluding hydrogens is 152 g/mol. The van der Waals surface area contributed by atoms with Crippen LogP contribution in [-0.2, 0) is 4.79 Å². The molecule has 0 radical (unpaired) electrons. The fraction of sp³-hybridized carbons (Fsp3) is 0.889. The van der Waals surface area contributed by atoms with Crippen molar-refractivity contribution < 1.29 is 4.79 Å². The molecule has 0 saturated carbocycles. The summed E-state index contributed by atoms with van der Waals surface area (Å²) in [6, 6.07) is 0. The third kappa shape index (κ3) is 2.21. The zero-order valence-corrected chi connectivity index (χ0v) is 7.97. The van der Waals surface area contributed by atoms with Crippen LogP contribution in [0, 0.1) is 5.92 Å². The summed E-state index contributed by atoms with van der Waals surface area (Å²) in [5, 5.41) is 3.05. The second kappa shape index (κ2) is 4.45. The number of nitrogens with one attached hydrogen (secondary N) is 1. The maximum absolute atomic E-state index is 11.2. The molecule has 0 unspecified atom stereocenters. The average molecular weight is 170 g/mol. The van der Waals surface area contributed by atoms with E-state index in [0.29, 0.717) is 12.5 Å². The van der Waals surface area contributed by atoms with E-state index in [2.05, 4.69) is 19.2 Å². The maximum atomic E-state index is 11.2. The van der Waals surface area contributed by atoms with E-state index in [1.807, 2.05) is 4.90 Å². The summed E-state index contributed by atoms with van der Waals surface area (Å²) in [6.45, 7) is 6.57. The molecule has 0 aromatic rings. The van der Waals surface area contributed by atoms with E-state index in [4.69, 9.17) is 0 Å². The number of amides is 1. The molecule has 1 rings (SSSR count). The molecule has 0 aliphatic carbocycles. The third-order valence-electron chi connectivity index (χ3n) is 2.56. The molecule has 12 heavy (non-hydrogen) atoms. The Morgan fingerprint density at radius 3 is 2.58 bits per heavy atom. The highest BCUT2D eigenvalue weighted by Gasteiger charge is 2.21. The number of carbonyl (C=O) groups is 1. The van der Waals surface area contributed by atoms with Crippen LogP contribution in [-0.4, -0.2) is 30.6 Å². The van der Waals surface area contributed by atoms with Gasteiger partial charge in [0.25, 0.3) is 0 Å². The van der Waals surface area contributed by atoms with E-state index >= 15 is 0 Å². The third-order valence-corrected chi connectivity index (χ3v) is 2.56. The monoisotopic (exact) mass is 170 g/mol. The molecule has 3 heteroatoms. The zero-order valence-electron chi connectivity index (χ0n) is 7.97. The molecule has 0 aromatic heterocycles. The summed E-state index contributed by atoms with van der Waals surface area (Å²) in [6.07, 6.45) is 2.33. The van der Waals surface area contributed by atoms with Gasteiger partial charge in [-0.25, -0.2) is 0 Å². The number of hydrogen-bond donors (Lipinski definition) is 1. The fourth-order valence-electron chi connectivity index (χ4n) is 1.52. The molecule has 1 saturated heterocycles. The molecule has 3 nitrogen and oxygen atoms in total. The van der Waals surface area contributed by atoms with Gasteiger partial charge in [-0.15, -0.1) is 0 Å². The van der Waals surface area contributed by atoms with Crippen LogP contribution in [0.1, 0.15) is 26.7 Å². The molecule has 1 N–H and O–H groups in total. The van der Waals surface area contributed by atoms with E-state index < -0.39 is 0 Å². The molecule has 1 aliphatic rings. The molecule has 70 valence electrons. The quantitative estimate of drug-likeness (QED) is 0.677. The summed E-state index contributed by atoms with van der Waals surface area (Å²) in [5.41, 5.74) is 0. The van der Waals surface area contributed by atoms with E-state index in [1.54, 1.807) is 0 Å². The minimum Gasteiger partial charge on any atom is -0.329 e. The van der Waals surface area contributed by atoms with Crippen LogP contribution in [0.25, 0.3) is 0 Å². The lowest BCUT2D eigenvalue weighted by molar-refractivity contribution is -0.127. The Balaban J connectivity index is 2.33. The first-order valence-corrected chi connectivity index (χ1v) is 4.76. The van der Waals surface area contributed by atoms with Gasteiger partial charge in [0.15, 0.2) is 0 Å². The van der Waals surface area contributed by atoms with Crippen LogP contribution in [0.15, 0.2) is 0 Å². The Labute approximate surface area is 74.1 Å². The van der Waals surface area contributed by atoms with Crippen molar-refractivity contribution in [1.29, 1.82) is 0 Å². The first-order valence-electron chi connectivity index (χ1n) is 4.76. The van der Waals surface area contributed by atoms with Crippen molar-refractivity contribution in [2.75, 3.05) is 19.8 Å². The Morgan fingerprint density at radius 2 is 2.17 bits per heavy atom. The highest BCUT2D eigenvalue weighted by atomic mass is 16.2. The van der Waals surface area contributed by atoms with Gasteiger partial charge >= 0.3 is 0 Å². The van der Waals surface area contributed by atoms with Gasteiger partial charge < -0.3 is 4.90 Å². The van der Waals surface area contributed by atoms with Crippen LogP contribution in [0.2, 0.25) is 0 Å². The smallest absolute Gasteiger partial charge is 0.237 e. The largest absolute Gasteiger partial charge is 0.329 e. The van der Waals surface area contributed by atoms with Gasteiger partial charge in [0.05, 0.1) is 13.2 Å². The number of nitrogens with zero attached hydrogens (tertiary/aromatic N) is 1. The Bertz CT molecular complexity index is 155. The Kier molecular flexibility index (Phi) is 3.53. The van der Waals surface area contributed by atoms with E-state index in [1.165, 1.54) is 12.8 Å². The van der Waals surface area contributed by atoms with Gasteiger partial charge in [-0.05, 0) is 5.92 Å². The number of rotatable bonds is 4. The van der Waals surface area contributed by atoms with Crippen molar-refractivity contribution in [3.63, 3.8) is 0 Å². The minimum absolute atomic E-state index is 0.252. The molecule has 0 aromatic carbocycles. The van der Waals surface area contributed by atoms with Gasteiger partial charge in [-0.1, -0.05) is 26.7 Å². The van der Waals surface area contributed by atoms with E-state index in [9.17, 15) is 4.79 Å². The Hall–Kier alpha value is -0.570. The maximum Gasteiger partial charge on any atom is 0.237 e. The molecule has 0 atom stereocenters. The first-order chi connectivity index (χ1) is 5.77. The number of carbonyl (C=O) groups excluding carboxylic acids is 1. The zero-order chi connectivity index (χ0) is 8.97. The van der Waals surface area contributed by atoms with E-state index in [0.717, 1.165) is 13.2 Å².